The van der Waals surface area contributed by atoms with Gasteiger partial charge in [-0.05, 0) is 19.3 Å². The molecule has 0 saturated carbocycles. The molecule has 1 aromatic heterocycles. The van der Waals surface area contributed by atoms with Crippen molar-refractivity contribution < 1.29 is 4.74 Å². The zero-order valence-electron chi connectivity index (χ0n) is 12.3. The molecule has 0 bridgehead atoms. The van der Waals surface area contributed by atoms with Crippen LogP contribution < -0.4 is 5.32 Å². The number of anilines is 1. The summed E-state index contributed by atoms with van der Waals surface area (Å²) in [6.45, 7) is 9.07. The van der Waals surface area contributed by atoms with Crippen molar-refractivity contribution in [2.45, 2.75) is 46.0 Å². The van der Waals surface area contributed by atoms with Crippen molar-refractivity contribution >= 4 is 5.82 Å². The number of rotatable bonds is 6. The highest BCUT2D eigenvalue weighted by molar-refractivity contribution is 5.37. The van der Waals surface area contributed by atoms with Crippen molar-refractivity contribution in [3.63, 3.8) is 0 Å². The molecule has 0 aromatic carbocycles. The van der Waals surface area contributed by atoms with Gasteiger partial charge in [0.05, 0.1) is 12.3 Å². The number of aryl methyl sites for hydroxylation is 1. The minimum Gasteiger partial charge on any atom is -0.381 e. The van der Waals surface area contributed by atoms with E-state index in [2.05, 4.69) is 35.2 Å². The molecule has 0 radical (unpaired) electrons. The van der Waals surface area contributed by atoms with Crippen LogP contribution in [-0.2, 0) is 4.74 Å². The van der Waals surface area contributed by atoms with E-state index in [9.17, 15) is 0 Å². The highest BCUT2D eigenvalue weighted by atomic mass is 16.5. The minimum atomic E-state index is 0.440. The SMILES string of the molecule is CCC(CC)CNc1cc(C2CCOC2)nc(C)n1. The maximum absolute atomic E-state index is 5.44. The first-order chi connectivity index (χ1) is 9.22. The molecule has 4 heteroatoms. The largest absolute Gasteiger partial charge is 0.381 e. The summed E-state index contributed by atoms with van der Waals surface area (Å²) in [4.78, 5) is 9.03. The van der Waals surface area contributed by atoms with Crippen LogP contribution >= 0.6 is 0 Å². The molecule has 0 amide bonds. The fourth-order valence-corrected chi connectivity index (χ4v) is 2.48. The van der Waals surface area contributed by atoms with E-state index in [1.54, 1.807) is 0 Å². The van der Waals surface area contributed by atoms with E-state index in [-0.39, 0.29) is 0 Å². The van der Waals surface area contributed by atoms with E-state index in [1.807, 2.05) is 6.92 Å². The van der Waals surface area contributed by atoms with Crippen LogP contribution in [0.4, 0.5) is 5.82 Å². The lowest BCUT2D eigenvalue weighted by Crippen LogP contribution is -2.15. The summed E-state index contributed by atoms with van der Waals surface area (Å²) in [5, 5.41) is 3.46. The summed E-state index contributed by atoms with van der Waals surface area (Å²) < 4.78 is 5.44. The second-order valence-electron chi connectivity index (χ2n) is 5.35. The van der Waals surface area contributed by atoms with Crippen molar-refractivity contribution in [3.8, 4) is 0 Å². The van der Waals surface area contributed by atoms with E-state index in [0.29, 0.717) is 11.8 Å². The van der Waals surface area contributed by atoms with E-state index in [0.717, 1.165) is 43.5 Å². The Bertz CT molecular complexity index is 398. The molecule has 1 atom stereocenters. The molecule has 19 heavy (non-hydrogen) atoms. The van der Waals surface area contributed by atoms with E-state index in [1.165, 1.54) is 12.8 Å². The minimum absolute atomic E-state index is 0.440. The summed E-state index contributed by atoms with van der Waals surface area (Å²) >= 11 is 0. The van der Waals surface area contributed by atoms with Gasteiger partial charge in [-0.3, -0.25) is 0 Å². The van der Waals surface area contributed by atoms with Gasteiger partial charge in [-0.25, -0.2) is 9.97 Å². The molecule has 1 aliphatic rings. The Morgan fingerprint density at radius 1 is 1.37 bits per heavy atom. The van der Waals surface area contributed by atoms with Crippen LogP contribution in [0.25, 0.3) is 0 Å². The van der Waals surface area contributed by atoms with Gasteiger partial charge in [0, 0.05) is 25.1 Å². The van der Waals surface area contributed by atoms with Crippen LogP contribution in [-0.4, -0.2) is 29.7 Å². The molecule has 1 N–H and O–H groups in total. The summed E-state index contributed by atoms with van der Waals surface area (Å²) in [5.74, 6) is 2.96. The summed E-state index contributed by atoms with van der Waals surface area (Å²) in [6.07, 6.45) is 3.48. The number of nitrogens with zero attached hydrogens (tertiary/aromatic N) is 2. The van der Waals surface area contributed by atoms with Crippen LogP contribution in [0.5, 0.6) is 0 Å². The topological polar surface area (TPSA) is 47.0 Å². The normalized spacial score (nSPS) is 19.1. The molecule has 2 rings (SSSR count). The van der Waals surface area contributed by atoms with Gasteiger partial charge >= 0.3 is 0 Å². The standard InChI is InChI=1S/C15H25N3O/c1-4-12(5-2)9-16-15-8-14(17-11(3)18-15)13-6-7-19-10-13/h8,12-13H,4-7,9-10H2,1-3H3,(H,16,17,18). The van der Waals surface area contributed by atoms with Gasteiger partial charge in [-0.15, -0.1) is 0 Å². The molecule has 4 nitrogen and oxygen atoms in total. The van der Waals surface area contributed by atoms with Gasteiger partial charge in [0.25, 0.3) is 0 Å². The third kappa shape index (κ3) is 3.90. The molecule has 2 heterocycles. The smallest absolute Gasteiger partial charge is 0.129 e. The molecule has 1 aliphatic heterocycles. The predicted octanol–water partition coefficient (Wildman–Crippen LogP) is 3.14. The van der Waals surface area contributed by atoms with Crippen LogP contribution in [0.3, 0.4) is 0 Å². The molecule has 1 aromatic rings. The Labute approximate surface area is 116 Å². The first-order valence-electron chi connectivity index (χ1n) is 7.40. The second-order valence-corrected chi connectivity index (χ2v) is 5.35. The molecule has 1 saturated heterocycles. The number of aromatic nitrogens is 2. The van der Waals surface area contributed by atoms with Crippen molar-refractivity contribution in [2.24, 2.45) is 5.92 Å². The Kier molecular flexibility index (Phi) is 5.14. The first-order valence-corrected chi connectivity index (χ1v) is 7.40. The van der Waals surface area contributed by atoms with E-state index >= 15 is 0 Å². The number of hydrogen-bond donors (Lipinski definition) is 1. The van der Waals surface area contributed by atoms with Crippen LogP contribution in [0, 0.1) is 12.8 Å². The average molecular weight is 263 g/mol. The molecule has 106 valence electrons. The molecule has 0 aliphatic carbocycles. The highest BCUT2D eigenvalue weighted by Crippen LogP contribution is 2.25. The Balaban J connectivity index is 2.03. The van der Waals surface area contributed by atoms with Crippen molar-refractivity contribution in [1.82, 2.24) is 9.97 Å². The third-order valence-corrected chi connectivity index (χ3v) is 3.93. The molecular weight excluding hydrogens is 238 g/mol. The van der Waals surface area contributed by atoms with Crippen molar-refractivity contribution in [3.05, 3.63) is 17.6 Å². The van der Waals surface area contributed by atoms with Gasteiger partial charge in [0.15, 0.2) is 0 Å². The fraction of sp³-hybridized carbons (Fsp3) is 0.733. The fourth-order valence-electron chi connectivity index (χ4n) is 2.48. The zero-order chi connectivity index (χ0) is 13.7. The van der Waals surface area contributed by atoms with Gasteiger partial charge in [-0.1, -0.05) is 26.7 Å². The summed E-state index contributed by atoms with van der Waals surface area (Å²) in [6, 6.07) is 2.09. The first kappa shape index (κ1) is 14.3. The third-order valence-electron chi connectivity index (χ3n) is 3.93. The molecule has 1 unspecified atom stereocenters. The Morgan fingerprint density at radius 3 is 2.79 bits per heavy atom. The highest BCUT2D eigenvalue weighted by Gasteiger charge is 2.20. The Morgan fingerprint density at radius 2 is 2.16 bits per heavy atom. The van der Waals surface area contributed by atoms with E-state index < -0.39 is 0 Å². The van der Waals surface area contributed by atoms with Crippen LogP contribution in [0.15, 0.2) is 6.07 Å². The molecule has 0 spiro atoms. The van der Waals surface area contributed by atoms with Crippen LogP contribution in [0.2, 0.25) is 0 Å². The maximum Gasteiger partial charge on any atom is 0.129 e. The van der Waals surface area contributed by atoms with Crippen molar-refractivity contribution in [1.29, 1.82) is 0 Å². The lowest BCUT2D eigenvalue weighted by molar-refractivity contribution is 0.193. The summed E-state index contributed by atoms with van der Waals surface area (Å²) in [7, 11) is 0. The van der Waals surface area contributed by atoms with Gasteiger partial charge in [0.1, 0.15) is 11.6 Å². The molecule has 1 fully saturated rings. The predicted molar refractivity (Wildman–Crippen MR) is 77.5 cm³/mol. The van der Waals surface area contributed by atoms with Gasteiger partial charge in [0.2, 0.25) is 0 Å². The monoisotopic (exact) mass is 263 g/mol. The lowest BCUT2D eigenvalue weighted by atomic mass is 10.0. The average Bonchev–Trinajstić information content (AvgIpc) is 2.93. The zero-order valence-corrected chi connectivity index (χ0v) is 12.3. The Hall–Kier alpha value is -1.16. The van der Waals surface area contributed by atoms with E-state index in [4.69, 9.17) is 4.74 Å². The van der Waals surface area contributed by atoms with Crippen LogP contribution in [0.1, 0.15) is 50.5 Å². The second kappa shape index (κ2) is 6.85. The molecular formula is C15H25N3O. The van der Waals surface area contributed by atoms with Gasteiger partial charge < -0.3 is 10.1 Å². The number of ether oxygens (including phenoxy) is 1. The lowest BCUT2D eigenvalue weighted by Gasteiger charge is -2.15. The maximum atomic E-state index is 5.44. The number of hydrogen-bond acceptors (Lipinski definition) is 4. The summed E-state index contributed by atoms with van der Waals surface area (Å²) in [5.41, 5.74) is 1.12. The number of nitrogens with one attached hydrogen (secondary N) is 1. The van der Waals surface area contributed by atoms with Crippen molar-refractivity contribution in [2.75, 3.05) is 25.1 Å². The quantitative estimate of drug-likeness (QED) is 0.856. The van der Waals surface area contributed by atoms with Gasteiger partial charge in [-0.2, -0.15) is 0 Å².